The zero-order valence-corrected chi connectivity index (χ0v) is 46.7. The van der Waals surface area contributed by atoms with Gasteiger partial charge < -0.3 is 44.2 Å². The Morgan fingerprint density at radius 2 is 1.01 bits per heavy atom. The number of nitrogens with zero attached hydrogens (tertiary/aromatic N) is 15. The van der Waals surface area contributed by atoms with Gasteiger partial charge in [-0.15, -0.1) is 15.3 Å². The minimum absolute atomic E-state index is 0.00453. The molecular weight excluding hydrogens is 1070 g/mol. The highest BCUT2D eigenvalue weighted by atomic mass is 16.5. The van der Waals surface area contributed by atoms with Crippen LogP contribution in [0.4, 0.5) is 0 Å². The fourth-order valence-electron chi connectivity index (χ4n) is 12.6. The van der Waals surface area contributed by atoms with E-state index >= 15 is 0 Å². The predicted octanol–water partition coefficient (Wildman–Crippen LogP) is 6.25. The molecule has 0 bridgehead atoms. The molecule has 6 fully saturated rings. The lowest BCUT2D eigenvalue weighted by Gasteiger charge is -2.42. The molecule has 15 rings (SSSR count). The fraction of sp³-hybridized carbons (Fsp3) is 0.400. The number of carbonyl (C=O) groups is 3. The van der Waals surface area contributed by atoms with Gasteiger partial charge in [0.2, 0.25) is 17.3 Å². The summed E-state index contributed by atoms with van der Waals surface area (Å²) in [6, 6.07) is 30.9. The van der Waals surface area contributed by atoms with Crippen LogP contribution in [-0.2, 0) is 0 Å². The summed E-state index contributed by atoms with van der Waals surface area (Å²) >= 11 is 0. The minimum Gasteiger partial charge on any atom is -0.350 e. The number of benzene rings is 3. The van der Waals surface area contributed by atoms with Gasteiger partial charge in [-0.2, -0.15) is 0 Å². The van der Waals surface area contributed by atoms with Crippen molar-refractivity contribution in [1.29, 1.82) is 0 Å². The van der Waals surface area contributed by atoms with Crippen LogP contribution in [0.3, 0.4) is 0 Å². The molecule has 3 saturated heterocycles. The molecule has 6 aromatic heterocycles. The Bertz CT molecular complexity index is 3920. The highest BCUT2D eigenvalue weighted by molar-refractivity contribution is 5.94. The molecule has 428 valence electrons. The number of amides is 3. The number of likely N-dealkylation sites (N-methyl/N-ethyl adjacent to an activating group) is 1. The molecule has 3 aliphatic heterocycles. The molecule has 3 saturated carbocycles. The lowest BCUT2D eigenvalue weighted by Crippen LogP contribution is -2.48. The normalized spacial score (nSPS) is 22.5. The van der Waals surface area contributed by atoms with Crippen LogP contribution in [0.15, 0.2) is 117 Å². The monoisotopic (exact) mass is 1130 g/mol. The third-order valence-electron chi connectivity index (χ3n) is 18.3. The number of hydrogen-bond acceptors (Lipinski definition) is 18. The molecule has 0 atom stereocenters. The van der Waals surface area contributed by atoms with Crippen molar-refractivity contribution in [1.82, 2.24) is 91.1 Å². The zero-order valence-electron chi connectivity index (χ0n) is 46.7. The second-order valence-corrected chi connectivity index (χ2v) is 23.7. The molecule has 84 heavy (non-hydrogen) atoms. The van der Waals surface area contributed by atoms with Crippen LogP contribution in [-0.4, -0.2) is 171 Å². The molecule has 24 heteroatoms. The van der Waals surface area contributed by atoms with E-state index in [-0.39, 0.29) is 83.1 Å². The van der Waals surface area contributed by atoms with Crippen molar-refractivity contribution < 1.29 is 28.0 Å². The molecule has 0 spiro atoms. The van der Waals surface area contributed by atoms with Crippen molar-refractivity contribution >= 4 is 17.7 Å². The molecule has 3 aromatic carbocycles. The standard InChI is InChI=1S/C60H62N18O6/c1-73-30-40(31-73)50-32-76(70-64-50)44-17-41(18-44)63-58(79)51-23-48(68-82-51)34-11-7-13-36(15-34)54-56(38-26-61-27-38)77(71-65-54)46-21-43(22-46)75(3)60(81)53-25-49(69-84-53)35-12-8-14-37(16-35)55-57(39-28-62-29-39)78(72-66-55)45-19-42(20-45)74(2)59(80)52-24-47(67-83-52)33-9-5-4-6-10-33/h4-16,23-25,32,38-46,61-62H,17-22,26-31H2,1-3H3,(H,63,79). The third kappa shape index (κ3) is 9.37. The van der Waals surface area contributed by atoms with Gasteiger partial charge >= 0.3 is 0 Å². The van der Waals surface area contributed by atoms with Crippen molar-refractivity contribution in [2.45, 2.75) is 92.5 Å². The van der Waals surface area contributed by atoms with E-state index in [9.17, 15) is 14.4 Å². The van der Waals surface area contributed by atoms with Crippen LogP contribution in [0.2, 0.25) is 0 Å². The minimum atomic E-state index is -0.300. The van der Waals surface area contributed by atoms with Crippen LogP contribution in [0, 0.1) is 0 Å². The number of nitrogens with one attached hydrogen (secondary N) is 3. The number of aromatic nitrogens is 12. The molecule has 24 nitrogen and oxygen atoms in total. The van der Waals surface area contributed by atoms with Crippen LogP contribution in [0.25, 0.3) is 56.3 Å². The van der Waals surface area contributed by atoms with Gasteiger partial charge in [0.05, 0.1) is 35.2 Å². The topological polar surface area (TPSA) is 267 Å². The van der Waals surface area contributed by atoms with Crippen molar-refractivity contribution in [2.75, 3.05) is 60.4 Å². The summed E-state index contributed by atoms with van der Waals surface area (Å²) < 4.78 is 22.9. The Morgan fingerprint density at radius 3 is 1.51 bits per heavy atom. The summed E-state index contributed by atoms with van der Waals surface area (Å²) in [5.74, 6) is 0.634. The number of rotatable bonds is 17. The van der Waals surface area contributed by atoms with Gasteiger partial charge in [-0.3, -0.25) is 14.4 Å². The largest absolute Gasteiger partial charge is 0.350 e. The Morgan fingerprint density at radius 1 is 0.536 bits per heavy atom. The first-order chi connectivity index (χ1) is 41.0. The van der Waals surface area contributed by atoms with Crippen LogP contribution < -0.4 is 16.0 Å². The predicted molar refractivity (Wildman–Crippen MR) is 303 cm³/mol. The molecule has 3 aliphatic carbocycles. The van der Waals surface area contributed by atoms with Gasteiger partial charge in [-0.05, 0) is 57.7 Å². The summed E-state index contributed by atoms with van der Waals surface area (Å²) in [5.41, 5.74) is 10.7. The Labute approximate surface area is 481 Å². The SMILES string of the molecule is CN1CC(c2cn(C3CC(NC(=O)c4cc(-c5cccc(-c6nnn(C7CC(N(C)C(=O)c8cc(-c9cccc(-c%10nnn(C%11CC(N(C)C(=O)c%12cc(-c%13ccccc%13)no%12)C%11)c%10C%10CNC%10)c9)no8)C7)c6C6CNC6)c5)no4)C3)nn2)C1. The Kier molecular flexibility index (Phi) is 13.0. The molecule has 3 N–H and O–H groups in total. The van der Waals surface area contributed by atoms with Gasteiger partial charge in [-0.1, -0.05) is 97.8 Å². The molecule has 0 unspecified atom stereocenters. The summed E-state index contributed by atoms with van der Waals surface area (Å²) in [6.45, 7) is 5.24. The van der Waals surface area contributed by atoms with E-state index in [1.54, 1.807) is 28.0 Å². The lowest BCUT2D eigenvalue weighted by atomic mass is 9.84. The zero-order chi connectivity index (χ0) is 56.7. The highest BCUT2D eigenvalue weighted by Crippen LogP contribution is 2.43. The van der Waals surface area contributed by atoms with E-state index in [0.29, 0.717) is 35.8 Å². The van der Waals surface area contributed by atoms with E-state index in [1.807, 2.05) is 97.6 Å². The van der Waals surface area contributed by atoms with E-state index in [0.717, 1.165) is 121 Å². The van der Waals surface area contributed by atoms with Crippen molar-refractivity contribution in [3.63, 3.8) is 0 Å². The van der Waals surface area contributed by atoms with Crippen molar-refractivity contribution in [2.24, 2.45) is 0 Å². The quantitative estimate of drug-likeness (QED) is 0.0909. The second-order valence-electron chi connectivity index (χ2n) is 23.7. The smallest absolute Gasteiger partial charge is 0.292 e. The van der Waals surface area contributed by atoms with E-state index in [2.05, 4.69) is 69.2 Å². The molecule has 6 aliphatic rings. The summed E-state index contributed by atoms with van der Waals surface area (Å²) in [6.07, 6.45) is 6.44. The first-order valence-corrected chi connectivity index (χ1v) is 29.0. The van der Waals surface area contributed by atoms with Crippen LogP contribution in [0.1, 0.15) is 123 Å². The maximum absolute atomic E-state index is 14.1. The van der Waals surface area contributed by atoms with Crippen molar-refractivity contribution in [3.05, 3.63) is 138 Å². The van der Waals surface area contributed by atoms with Gasteiger partial charge in [0.15, 0.2) is 0 Å². The molecular formula is C60H62N18O6. The van der Waals surface area contributed by atoms with E-state index in [1.165, 1.54) is 0 Å². The average Bonchev–Trinajstić information content (AvgIpc) is 2.13. The van der Waals surface area contributed by atoms with Gasteiger partial charge in [0, 0.05) is 141 Å². The fourth-order valence-corrected chi connectivity index (χ4v) is 12.6. The van der Waals surface area contributed by atoms with Gasteiger partial charge in [-0.25, -0.2) is 14.0 Å². The third-order valence-corrected chi connectivity index (χ3v) is 18.3. The number of carbonyl (C=O) groups excluding carboxylic acids is 3. The molecule has 9 heterocycles. The number of hydrogen-bond donors (Lipinski definition) is 3. The average molecular weight is 1130 g/mol. The van der Waals surface area contributed by atoms with E-state index in [4.69, 9.17) is 34.2 Å². The summed E-state index contributed by atoms with van der Waals surface area (Å²) in [4.78, 5) is 46.6. The first-order valence-electron chi connectivity index (χ1n) is 29.0. The molecule has 0 radical (unpaired) electrons. The maximum atomic E-state index is 14.1. The molecule has 3 amide bonds. The van der Waals surface area contributed by atoms with Gasteiger partial charge in [0.25, 0.3) is 17.7 Å². The highest BCUT2D eigenvalue weighted by Gasteiger charge is 2.43. The Balaban J connectivity index is 0.572. The van der Waals surface area contributed by atoms with Crippen LogP contribution >= 0.6 is 0 Å². The van der Waals surface area contributed by atoms with Crippen molar-refractivity contribution in [3.8, 4) is 56.3 Å². The lowest BCUT2D eigenvalue weighted by molar-refractivity contribution is 0.0496. The number of likely N-dealkylation sites (tertiary alicyclic amines) is 1. The summed E-state index contributed by atoms with van der Waals surface area (Å²) in [5, 5.41) is 50.5. The summed E-state index contributed by atoms with van der Waals surface area (Å²) in [7, 11) is 5.73. The Hall–Kier alpha value is -9.00. The first kappa shape index (κ1) is 51.8. The van der Waals surface area contributed by atoms with Gasteiger partial charge in [0.1, 0.15) is 28.5 Å². The molecule has 9 aromatic rings. The van der Waals surface area contributed by atoms with Crippen LogP contribution in [0.5, 0.6) is 0 Å². The van der Waals surface area contributed by atoms with E-state index < -0.39 is 0 Å². The maximum Gasteiger partial charge on any atom is 0.292 e. The second kappa shape index (κ2) is 21.0.